The maximum absolute atomic E-state index is 4.29. The summed E-state index contributed by atoms with van der Waals surface area (Å²) in [6.07, 6.45) is 7.94. The predicted molar refractivity (Wildman–Crippen MR) is 73.2 cm³/mol. The van der Waals surface area contributed by atoms with Gasteiger partial charge in [0, 0.05) is 28.9 Å². The van der Waals surface area contributed by atoms with Crippen molar-refractivity contribution in [2.45, 2.75) is 18.8 Å². The monoisotopic (exact) mass is 341 g/mol. The molecule has 0 bridgehead atoms. The van der Waals surface area contributed by atoms with E-state index in [0.29, 0.717) is 11.9 Å². The molecule has 17 heavy (non-hydrogen) atoms. The number of nitrogens with zero attached hydrogens (tertiary/aromatic N) is 4. The van der Waals surface area contributed by atoms with Crippen LogP contribution in [-0.2, 0) is 7.05 Å². The van der Waals surface area contributed by atoms with Crippen molar-refractivity contribution in [2.75, 3.05) is 5.32 Å². The summed E-state index contributed by atoms with van der Waals surface area (Å²) in [4.78, 5) is 8.47. The van der Waals surface area contributed by atoms with E-state index < -0.39 is 0 Å². The first kappa shape index (κ1) is 10.9. The second-order valence-corrected chi connectivity index (χ2v) is 5.44. The van der Waals surface area contributed by atoms with Crippen molar-refractivity contribution in [1.29, 1.82) is 0 Å². The molecule has 0 radical (unpaired) electrons. The highest BCUT2D eigenvalue weighted by molar-refractivity contribution is 14.1. The van der Waals surface area contributed by atoms with Crippen molar-refractivity contribution in [3.63, 3.8) is 0 Å². The molecular weight excluding hydrogens is 329 g/mol. The molecule has 1 N–H and O–H groups in total. The molecule has 0 amide bonds. The molecule has 5 nitrogen and oxygen atoms in total. The average Bonchev–Trinajstić information content (AvgIpc) is 3.08. The van der Waals surface area contributed by atoms with Crippen LogP contribution in [0, 0.1) is 3.57 Å². The van der Waals surface area contributed by atoms with Crippen LogP contribution >= 0.6 is 22.6 Å². The van der Waals surface area contributed by atoms with Crippen LogP contribution in [0.3, 0.4) is 0 Å². The van der Waals surface area contributed by atoms with Crippen LogP contribution in [0.1, 0.15) is 24.5 Å². The molecule has 3 rings (SSSR count). The molecule has 0 atom stereocenters. The van der Waals surface area contributed by atoms with Gasteiger partial charge < -0.3 is 5.32 Å². The zero-order chi connectivity index (χ0) is 11.8. The SMILES string of the molecule is Cn1ncc(Nc2ncc(I)cn2)c1C1CC1. The van der Waals surface area contributed by atoms with Gasteiger partial charge in [-0.15, -0.1) is 0 Å². The van der Waals surface area contributed by atoms with Crippen LogP contribution < -0.4 is 5.32 Å². The zero-order valence-electron chi connectivity index (χ0n) is 9.39. The summed E-state index contributed by atoms with van der Waals surface area (Å²) in [6.45, 7) is 0. The Morgan fingerprint density at radius 2 is 2.00 bits per heavy atom. The molecule has 0 unspecified atom stereocenters. The number of rotatable bonds is 3. The molecule has 2 aromatic rings. The fourth-order valence-corrected chi connectivity index (χ4v) is 2.16. The summed E-state index contributed by atoms with van der Waals surface area (Å²) >= 11 is 2.19. The molecule has 1 fully saturated rings. The lowest BCUT2D eigenvalue weighted by atomic mass is 10.2. The fourth-order valence-electron chi connectivity index (χ4n) is 1.88. The van der Waals surface area contributed by atoms with Gasteiger partial charge in [-0.3, -0.25) is 4.68 Å². The van der Waals surface area contributed by atoms with Gasteiger partial charge >= 0.3 is 0 Å². The lowest BCUT2D eigenvalue weighted by Crippen LogP contribution is -2.01. The molecule has 0 aromatic carbocycles. The molecule has 2 heterocycles. The molecule has 0 spiro atoms. The third kappa shape index (κ3) is 2.26. The molecule has 88 valence electrons. The predicted octanol–water partition coefficient (Wildman–Crippen LogP) is 2.44. The Hall–Kier alpha value is -1.18. The third-order valence-corrected chi connectivity index (χ3v) is 3.37. The summed E-state index contributed by atoms with van der Waals surface area (Å²) in [5, 5.41) is 7.52. The number of anilines is 2. The Morgan fingerprint density at radius 3 is 2.65 bits per heavy atom. The fraction of sp³-hybridized carbons (Fsp3) is 0.364. The second-order valence-electron chi connectivity index (χ2n) is 4.19. The van der Waals surface area contributed by atoms with Crippen LogP contribution in [0.2, 0.25) is 0 Å². The van der Waals surface area contributed by atoms with Crippen LogP contribution in [-0.4, -0.2) is 19.7 Å². The normalized spacial score (nSPS) is 14.9. The van der Waals surface area contributed by atoms with Crippen LogP contribution in [0.25, 0.3) is 0 Å². The van der Waals surface area contributed by atoms with Crippen molar-refractivity contribution in [3.05, 3.63) is 27.9 Å². The minimum atomic E-state index is 0.625. The summed E-state index contributed by atoms with van der Waals surface area (Å²) < 4.78 is 2.97. The number of halogens is 1. The minimum absolute atomic E-state index is 0.625. The van der Waals surface area contributed by atoms with E-state index in [1.54, 1.807) is 12.4 Å². The molecule has 1 aliphatic rings. The number of nitrogens with one attached hydrogen (secondary N) is 1. The standard InChI is InChI=1S/C11H12IN5/c1-17-10(7-2-3-7)9(6-15-17)16-11-13-4-8(12)5-14-11/h4-7H,2-3H2,1H3,(H,13,14,16). The largest absolute Gasteiger partial charge is 0.321 e. The summed E-state index contributed by atoms with van der Waals surface area (Å²) in [5.41, 5.74) is 2.28. The Bertz CT molecular complexity index is 529. The first-order chi connectivity index (χ1) is 8.24. The minimum Gasteiger partial charge on any atom is -0.321 e. The van der Waals surface area contributed by atoms with E-state index in [0.717, 1.165) is 9.26 Å². The molecule has 0 saturated heterocycles. The van der Waals surface area contributed by atoms with Gasteiger partial charge in [0.15, 0.2) is 0 Å². The average molecular weight is 341 g/mol. The van der Waals surface area contributed by atoms with Crippen LogP contribution in [0.4, 0.5) is 11.6 Å². The quantitative estimate of drug-likeness (QED) is 0.872. The second kappa shape index (κ2) is 4.25. The lowest BCUT2D eigenvalue weighted by molar-refractivity contribution is 0.714. The van der Waals surface area contributed by atoms with Crippen LogP contribution in [0.15, 0.2) is 18.6 Å². The number of aryl methyl sites for hydroxylation is 1. The van der Waals surface area contributed by atoms with E-state index in [2.05, 4.69) is 43.0 Å². The van der Waals surface area contributed by atoms with Gasteiger partial charge in [-0.2, -0.15) is 5.10 Å². The maximum atomic E-state index is 4.29. The zero-order valence-corrected chi connectivity index (χ0v) is 11.5. The topological polar surface area (TPSA) is 55.6 Å². The smallest absolute Gasteiger partial charge is 0.227 e. The molecule has 2 aromatic heterocycles. The molecule has 0 aliphatic heterocycles. The first-order valence-corrected chi connectivity index (χ1v) is 6.58. The van der Waals surface area contributed by atoms with E-state index in [4.69, 9.17) is 0 Å². The van der Waals surface area contributed by atoms with Gasteiger partial charge in [0.2, 0.25) is 5.95 Å². The Labute approximate surface area is 113 Å². The highest BCUT2D eigenvalue weighted by atomic mass is 127. The molecular formula is C11H12IN5. The maximum Gasteiger partial charge on any atom is 0.227 e. The van der Waals surface area contributed by atoms with E-state index >= 15 is 0 Å². The Kier molecular flexibility index (Phi) is 2.73. The molecule has 1 saturated carbocycles. The van der Waals surface area contributed by atoms with Crippen LogP contribution in [0.5, 0.6) is 0 Å². The Balaban J connectivity index is 1.87. The lowest BCUT2D eigenvalue weighted by Gasteiger charge is -2.06. The summed E-state index contributed by atoms with van der Waals surface area (Å²) in [7, 11) is 1.98. The van der Waals surface area contributed by atoms with E-state index in [9.17, 15) is 0 Å². The highest BCUT2D eigenvalue weighted by Crippen LogP contribution is 2.43. The summed E-state index contributed by atoms with van der Waals surface area (Å²) in [5.74, 6) is 1.27. The van der Waals surface area contributed by atoms with Crippen molar-refractivity contribution in [2.24, 2.45) is 7.05 Å². The third-order valence-electron chi connectivity index (χ3n) is 2.82. The van der Waals surface area contributed by atoms with Crippen molar-refractivity contribution in [1.82, 2.24) is 19.7 Å². The van der Waals surface area contributed by atoms with Gasteiger partial charge in [-0.05, 0) is 35.4 Å². The van der Waals surface area contributed by atoms with Crippen molar-refractivity contribution < 1.29 is 0 Å². The molecule has 6 heteroatoms. The highest BCUT2D eigenvalue weighted by Gasteiger charge is 2.29. The van der Waals surface area contributed by atoms with Gasteiger partial charge in [-0.1, -0.05) is 0 Å². The van der Waals surface area contributed by atoms with Gasteiger partial charge in [-0.25, -0.2) is 9.97 Å². The Morgan fingerprint density at radius 1 is 1.29 bits per heavy atom. The first-order valence-electron chi connectivity index (χ1n) is 5.50. The number of hydrogen-bond acceptors (Lipinski definition) is 4. The van der Waals surface area contributed by atoms with Gasteiger partial charge in [0.05, 0.1) is 17.6 Å². The summed E-state index contributed by atoms with van der Waals surface area (Å²) in [6, 6.07) is 0. The van der Waals surface area contributed by atoms with E-state index in [-0.39, 0.29) is 0 Å². The van der Waals surface area contributed by atoms with Crippen molar-refractivity contribution >= 4 is 34.2 Å². The van der Waals surface area contributed by atoms with Gasteiger partial charge in [0.1, 0.15) is 0 Å². The van der Waals surface area contributed by atoms with Gasteiger partial charge in [0.25, 0.3) is 0 Å². The molecule has 1 aliphatic carbocycles. The van der Waals surface area contributed by atoms with E-state index in [1.807, 2.05) is 17.9 Å². The number of hydrogen-bond donors (Lipinski definition) is 1. The van der Waals surface area contributed by atoms with E-state index in [1.165, 1.54) is 18.5 Å². The number of aromatic nitrogens is 4. The van der Waals surface area contributed by atoms with Crippen molar-refractivity contribution in [3.8, 4) is 0 Å².